The van der Waals surface area contributed by atoms with Crippen molar-refractivity contribution in [2.45, 2.75) is 19.4 Å². The average Bonchev–Trinajstić information content (AvgIpc) is 2.31. The molecule has 0 saturated carbocycles. The maximum atomic E-state index is 11.9. The topological polar surface area (TPSA) is 96.4 Å². The van der Waals surface area contributed by atoms with E-state index in [1.54, 1.807) is 25.1 Å². The lowest BCUT2D eigenvalue weighted by Gasteiger charge is -2.31. The Morgan fingerprint density at radius 2 is 2.33 bits per heavy atom. The predicted octanol–water partition coefficient (Wildman–Crippen LogP) is 0.823. The first kappa shape index (κ1) is 11.9. The molecule has 1 aliphatic rings. The molecule has 6 heteroatoms. The molecule has 0 fully saturated rings. The molecule has 1 heterocycles. The number of anilines is 2. The molecular weight excluding hydrogens is 234 g/mol. The zero-order chi connectivity index (χ0) is 13.3. The minimum absolute atomic E-state index is 0.290. The molecule has 92 valence electrons. The molecule has 1 aromatic carbocycles. The molecule has 0 saturated heterocycles. The van der Waals surface area contributed by atoms with Crippen LogP contribution in [0.1, 0.15) is 13.3 Å². The van der Waals surface area contributed by atoms with Crippen molar-refractivity contribution in [3.8, 4) is 11.8 Å². The predicted molar refractivity (Wildman–Crippen MR) is 63.7 cm³/mol. The van der Waals surface area contributed by atoms with E-state index in [0.29, 0.717) is 17.1 Å². The lowest BCUT2D eigenvalue weighted by atomic mass is 10.1. The first-order chi connectivity index (χ1) is 8.54. The molecule has 1 aliphatic heterocycles. The van der Waals surface area contributed by atoms with E-state index in [1.807, 2.05) is 0 Å². The van der Waals surface area contributed by atoms with Gasteiger partial charge in [0.1, 0.15) is 12.2 Å². The molecule has 2 rings (SSSR count). The number of nitriles is 1. The van der Waals surface area contributed by atoms with Gasteiger partial charge in [0.25, 0.3) is 5.91 Å². The number of nitrogen functional groups attached to an aromatic ring is 1. The van der Waals surface area contributed by atoms with Crippen molar-refractivity contribution in [2.75, 3.05) is 10.6 Å². The second kappa shape index (κ2) is 4.37. The highest BCUT2D eigenvalue weighted by Crippen LogP contribution is 2.35. The van der Waals surface area contributed by atoms with E-state index >= 15 is 0 Å². The van der Waals surface area contributed by atoms with E-state index in [1.165, 1.54) is 6.07 Å². The third-order valence-electron chi connectivity index (χ3n) is 2.58. The maximum Gasteiger partial charge on any atom is 0.274 e. The quantitative estimate of drug-likeness (QED) is 0.739. The summed E-state index contributed by atoms with van der Waals surface area (Å²) in [6.07, 6.45) is -1.13. The van der Waals surface area contributed by atoms with Gasteiger partial charge in [-0.25, -0.2) is 4.90 Å². The van der Waals surface area contributed by atoms with Gasteiger partial charge in [0.15, 0.2) is 6.10 Å². The van der Waals surface area contributed by atoms with Crippen molar-refractivity contribution in [1.29, 1.82) is 5.26 Å². The first-order valence-corrected chi connectivity index (χ1v) is 5.34. The summed E-state index contributed by atoms with van der Waals surface area (Å²) >= 11 is 0. The summed E-state index contributed by atoms with van der Waals surface area (Å²) in [6, 6.07) is 6.43. The van der Waals surface area contributed by atoms with Crippen LogP contribution in [0.3, 0.4) is 0 Å². The number of nitrogens with zero attached hydrogens (tertiary/aromatic N) is 2. The summed E-state index contributed by atoms with van der Waals surface area (Å²) in [4.78, 5) is 24.7. The van der Waals surface area contributed by atoms with Gasteiger partial charge in [-0.1, -0.05) is 0 Å². The van der Waals surface area contributed by atoms with Crippen molar-refractivity contribution >= 4 is 23.2 Å². The van der Waals surface area contributed by atoms with E-state index in [-0.39, 0.29) is 6.42 Å². The van der Waals surface area contributed by atoms with E-state index in [9.17, 15) is 9.59 Å². The third-order valence-corrected chi connectivity index (χ3v) is 2.58. The van der Waals surface area contributed by atoms with E-state index in [4.69, 9.17) is 15.7 Å². The van der Waals surface area contributed by atoms with Crippen molar-refractivity contribution in [2.24, 2.45) is 0 Å². The molecule has 0 aliphatic carbocycles. The lowest BCUT2D eigenvalue weighted by molar-refractivity contribution is -0.131. The van der Waals surface area contributed by atoms with Crippen LogP contribution < -0.4 is 15.4 Å². The van der Waals surface area contributed by atoms with E-state index < -0.39 is 17.9 Å². The summed E-state index contributed by atoms with van der Waals surface area (Å²) in [6.45, 7) is 1.55. The first-order valence-electron chi connectivity index (χ1n) is 5.34. The molecule has 1 aromatic rings. The van der Waals surface area contributed by atoms with Gasteiger partial charge in [-0.3, -0.25) is 9.59 Å². The summed E-state index contributed by atoms with van der Waals surface area (Å²) in [5.41, 5.74) is 6.33. The Labute approximate surface area is 104 Å². The Morgan fingerprint density at radius 1 is 1.61 bits per heavy atom. The van der Waals surface area contributed by atoms with Gasteiger partial charge >= 0.3 is 0 Å². The van der Waals surface area contributed by atoms with Gasteiger partial charge in [0.2, 0.25) is 5.91 Å². The minimum atomic E-state index is -0.760. The maximum absolute atomic E-state index is 11.9. The van der Waals surface area contributed by atoms with Gasteiger partial charge < -0.3 is 10.5 Å². The molecule has 2 amide bonds. The average molecular weight is 245 g/mol. The van der Waals surface area contributed by atoms with Crippen LogP contribution in [0.15, 0.2) is 18.2 Å². The molecule has 1 unspecified atom stereocenters. The fourth-order valence-corrected chi connectivity index (χ4v) is 1.75. The molecule has 0 radical (unpaired) electrons. The van der Waals surface area contributed by atoms with Crippen LogP contribution in [0.2, 0.25) is 0 Å². The Bertz CT molecular complexity index is 562. The van der Waals surface area contributed by atoms with Gasteiger partial charge in [0, 0.05) is 5.69 Å². The van der Waals surface area contributed by atoms with E-state index in [0.717, 1.165) is 4.90 Å². The van der Waals surface area contributed by atoms with Crippen molar-refractivity contribution < 1.29 is 14.3 Å². The smallest absolute Gasteiger partial charge is 0.274 e. The van der Waals surface area contributed by atoms with Gasteiger partial charge in [0.05, 0.1) is 11.8 Å². The molecule has 2 N–H and O–H groups in total. The number of hydrogen-bond donors (Lipinski definition) is 1. The van der Waals surface area contributed by atoms with Crippen LogP contribution in [0.25, 0.3) is 0 Å². The highest BCUT2D eigenvalue weighted by molar-refractivity contribution is 6.18. The number of fused-ring (bicyclic) bond motifs is 1. The normalized spacial score (nSPS) is 17.7. The van der Waals surface area contributed by atoms with E-state index in [2.05, 4.69) is 0 Å². The van der Waals surface area contributed by atoms with Gasteiger partial charge in [-0.2, -0.15) is 5.26 Å². The highest BCUT2D eigenvalue weighted by atomic mass is 16.5. The number of amides is 2. The minimum Gasteiger partial charge on any atom is -0.479 e. The third kappa shape index (κ3) is 1.86. The van der Waals surface area contributed by atoms with Crippen LogP contribution in [-0.4, -0.2) is 17.9 Å². The van der Waals surface area contributed by atoms with Crippen molar-refractivity contribution in [3.05, 3.63) is 18.2 Å². The Balaban J connectivity index is 2.51. The van der Waals surface area contributed by atoms with Crippen LogP contribution in [0.5, 0.6) is 5.75 Å². The molecule has 18 heavy (non-hydrogen) atoms. The van der Waals surface area contributed by atoms with Crippen LogP contribution in [-0.2, 0) is 9.59 Å². The standard InChI is InChI=1S/C12H11N3O3/c1-7-12(17)15(11(16)4-5-13)9-6-8(14)2-3-10(9)18-7/h2-3,6-7H,4,14H2,1H3. The Kier molecular flexibility index (Phi) is 2.90. The summed E-state index contributed by atoms with van der Waals surface area (Å²) in [5, 5.41) is 8.56. The number of imide groups is 1. The van der Waals surface area contributed by atoms with Gasteiger partial charge in [-0.15, -0.1) is 0 Å². The number of rotatable bonds is 1. The number of benzene rings is 1. The summed E-state index contributed by atoms with van der Waals surface area (Å²) < 4.78 is 5.38. The highest BCUT2D eigenvalue weighted by Gasteiger charge is 2.35. The molecule has 6 nitrogen and oxygen atoms in total. The number of ether oxygens (including phenoxy) is 1. The SMILES string of the molecule is CC1Oc2ccc(N)cc2N(C(=O)CC#N)C1=O. The summed E-state index contributed by atoms with van der Waals surface area (Å²) in [5.74, 6) is -0.666. The molecule has 0 bridgehead atoms. The molecular formula is C12H11N3O3. The van der Waals surface area contributed by atoms with Crippen LogP contribution >= 0.6 is 0 Å². The largest absolute Gasteiger partial charge is 0.479 e. The van der Waals surface area contributed by atoms with Crippen molar-refractivity contribution in [3.63, 3.8) is 0 Å². The number of nitrogens with two attached hydrogens (primary N) is 1. The molecule has 1 atom stereocenters. The second-order valence-electron chi connectivity index (χ2n) is 3.89. The number of carbonyl (C=O) groups is 2. The van der Waals surface area contributed by atoms with Crippen LogP contribution in [0, 0.1) is 11.3 Å². The Hall–Kier alpha value is -2.55. The zero-order valence-electron chi connectivity index (χ0n) is 9.71. The molecule has 0 spiro atoms. The van der Waals surface area contributed by atoms with Crippen LogP contribution in [0.4, 0.5) is 11.4 Å². The molecule has 0 aromatic heterocycles. The number of carbonyl (C=O) groups excluding carboxylic acids is 2. The lowest BCUT2D eigenvalue weighted by Crippen LogP contribution is -2.47. The Morgan fingerprint density at radius 3 is 3.00 bits per heavy atom. The number of hydrogen-bond acceptors (Lipinski definition) is 5. The van der Waals surface area contributed by atoms with Gasteiger partial charge in [-0.05, 0) is 25.1 Å². The fourth-order valence-electron chi connectivity index (χ4n) is 1.75. The summed E-state index contributed by atoms with van der Waals surface area (Å²) in [7, 11) is 0. The second-order valence-corrected chi connectivity index (χ2v) is 3.89. The zero-order valence-corrected chi connectivity index (χ0v) is 9.71. The fraction of sp³-hybridized carbons (Fsp3) is 0.250. The monoisotopic (exact) mass is 245 g/mol. The van der Waals surface area contributed by atoms with Crippen molar-refractivity contribution in [1.82, 2.24) is 0 Å².